The predicted octanol–water partition coefficient (Wildman–Crippen LogP) is 14.8. The van der Waals surface area contributed by atoms with Gasteiger partial charge in [-0.05, 0) is 68.6 Å². The second-order valence-corrected chi connectivity index (χ2v) is 18.4. The summed E-state index contributed by atoms with van der Waals surface area (Å²) in [5.41, 5.74) is 13.5. The first-order valence-corrected chi connectivity index (χ1v) is 21.8. The van der Waals surface area contributed by atoms with Crippen LogP contribution >= 0.6 is 0 Å². The Morgan fingerprint density at radius 2 is 0.938 bits per heavy atom. The molecule has 64 heavy (non-hydrogen) atoms. The van der Waals surface area contributed by atoms with Gasteiger partial charge in [-0.2, -0.15) is 5.10 Å². The number of para-hydroxylation sites is 5. The molecule has 5 nitrogen and oxygen atoms in total. The summed E-state index contributed by atoms with van der Waals surface area (Å²) in [6, 6.07) is 68.8. The number of hydrazone groups is 1. The number of aromatic nitrogens is 2. The predicted molar refractivity (Wildman–Crippen MR) is 267 cm³/mol. The fourth-order valence-corrected chi connectivity index (χ4v) is 8.75. The Hall–Kier alpha value is -6.63. The Kier molecular flexibility index (Phi) is 11.4. The summed E-state index contributed by atoms with van der Waals surface area (Å²) in [5.74, 6) is 0.882. The molecule has 0 aliphatic carbocycles. The van der Waals surface area contributed by atoms with Gasteiger partial charge in [0.15, 0.2) is 0 Å². The molecule has 6 heteroatoms. The second-order valence-electron chi connectivity index (χ2n) is 18.4. The molecule has 0 unspecified atom stereocenters. The van der Waals surface area contributed by atoms with Crippen molar-refractivity contribution in [1.82, 2.24) is 9.55 Å². The van der Waals surface area contributed by atoms with E-state index in [0.717, 1.165) is 61.7 Å². The van der Waals surface area contributed by atoms with E-state index in [4.69, 9.17) is 5.10 Å². The van der Waals surface area contributed by atoms with E-state index < -0.39 is 0 Å². The van der Waals surface area contributed by atoms with E-state index >= 15 is 0 Å². The van der Waals surface area contributed by atoms with Crippen LogP contribution < -0.4 is 14.9 Å². The summed E-state index contributed by atoms with van der Waals surface area (Å²) in [7, 11) is 0. The van der Waals surface area contributed by atoms with Crippen molar-refractivity contribution in [2.45, 2.75) is 52.4 Å². The molecule has 1 radical (unpaired) electrons. The van der Waals surface area contributed by atoms with Crippen molar-refractivity contribution < 1.29 is 22.4 Å². The SMILES string of the molecule is CC(C)(C)c1cc(N2[CH-]N(c3c(-c4ccccc4)cccc3-n3c4ccccc4c4ccccc43)N=C2c2ccccc2)cc(C(C)(C)C)c1.[Au].c1ccc2c(c1)[n-]c1ccccc12. The second kappa shape index (κ2) is 17.2. The van der Waals surface area contributed by atoms with Gasteiger partial charge in [-0.3, -0.25) is 0 Å². The van der Waals surface area contributed by atoms with Crippen LogP contribution in [0.2, 0.25) is 0 Å². The van der Waals surface area contributed by atoms with Crippen molar-refractivity contribution in [2.75, 3.05) is 9.91 Å². The first kappa shape index (κ1) is 42.7. The third kappa shape index (κ3) is 7.96. The van der Waals surface area contributed by atoms with Crippen LogP contribution in [0.4, 0.5) is 11.4 Å². The van der Waals surface area contributed by atoms with E-state index in [2.05, 4.69) is 250 Å². The molecule has 8 aromatic carbocycles. The minimum atomic E-state index is -0.0247. The Labute approximate surface area is 392 Å². The first-order chi connectivity index (χ1) is 30.5. The molecule has 0 saturated heterocycles. The maximum absolute atomic E-state index is 5.49. The van der Waals surface area contributed by atoms with Crippen LogP contribution in [0.15, 0.2) is 199 Å². The van der Waals surface area contributed by atoms with Gasteiger partial charge < -0.3 is 19.5 Å². The average molecular weight is 1020 g/mol. The van der Waals surface area contributed by atoms with Crippen LogP contribution in [0.3, 0.4) is 0 Å². The van der Waals surface area contributed by atoms with Crippen LogP contribution in [0.25, 0.3) is 60.4 Å². The maximum Gasteiger partial charge on any atom is 0.129 e. The third-order valence-corrected chi connectivity index (χ3v) is 12.1. The molecule has 0 bridgehead atoms. The fraction of sp³-hybridized carbons (Fsp3) is 0.138. The van der Waals surface area contributed by atoms with Crippen molar-refractivity contribution in [3.05, 3.63) is 217 Å². The minimum absolute atomic E-state index is 0. The fourth-order valence-electron chi connectivity index (χ4n) is 8.75. The summed E-state index contributed by atoms with van der Waals surface area (Å²) in [5, 5.41) is 12.6. The van der Waals surface area contributed by atoms with Crippen LogP contribution in [0.5, 0.6) is 0 Å². The molecule has 0 saturated carbocycles. The summed E-state index contributed by atoms with van der Waals surface area (Å²) in [4.78, 5) is 6.79. The summed E-state index contributed by atoms with van der Waals surface area (Å²) >= 11 is 0. The van der Waals surface area contributed by atoms with E-state index in [1.807, 2.05) is 12.1 Å². The zero-order valence-electron chi connectivity index (χ0n) is 37.1. The Morgan fingerprint density at radius 3 is 1.47 bits per heavy atom. The number of hydrogen-bond donors (Lipinski definition) is 0. The van der Waals surface area contributed by atoms with Gasteiger partial charge in [-0.1, -0.05) is 205 Å². The van der Waals surface area contributed by atoms with Gasteiger partial charge in [0.05, 0.1) is 22.4 Å². The van der Waals surface area contributed by atoms with Crippen LogP contribution in [0.1, 0.15) is 58.2 Å². The van der Waals surface area contributed by atoms with E-state index in [1.165, 1.54) is 32.7 Å². The molecule has 10 aromatic rings. The van der Waals surface area contributed by atoms with Gasteiger partial charge in [0.1, 0.15) is 5.84 Å². The van der Waals surface area contributed by atoms with E-state index in [0.29, 0.717) is 0 Å². The van der Waals surface area contributed by atoms with Gasteiger partial charge in [0.25, 0.3) is 0 Å². The molecule has 2 aromatic heterocycles. The van der Waals surface area contributed by atoms with Crippen molar-refractivity contribution >= 4 is 60.8 Å². The number of hydrogen-bond acceptors (Lipinski definition) is 3. The Bertz CT molecular complexity index is 3160. The molecular formula is C58H51AuN5-2. The third-order valence-electron chi connectivity index (χ3n) is 12.1. The summed E-state index contributed by atoms with van der Waals surface area (Å²) in [6.45, 7) is 15.9. The molecule has 3 heterocycles. The van der Waals surface area contributed by atoms with E-state index in [-0.39, 0.29) is 33.2 Å². The normalized spacial score (nSPS) is 13.0. The van der Waals surface area contributed by atoms with Crippen molar-refractivity contribution in [3.63, 3.8) is 0 Å². The summed E-state index contributed by atoms with van der Waals surface area (Å²) < 4.78 is 2.40. The molecule has 0 fully saturated rings. The van der Waals surface area contributed by atoms with Crippen molar-refractivity contribution in [2.24, 2.45) is 5.10 Å². The Balaban J connectivity index is 0.000000314. The average Bonchev–Trinajstić information content (AvgIpc) is 4.01. The standard InChI is InChI=1S/C46H43N4.C12H8N.Au/c1-45(2,3)34-28-35(46(4,5)6)30-36(29-34)48-31-49(47-44(48)33-20-11-8-12-21-33)43-37(32-18-9-7-10-19-32)24-17-27-42(43)50-40-25-15-13-22-38(40)39-23-14-16-26-41(39)50;1-3-7-11-9(5-1)10-6-2-4-8-12(10)13-11;/h7-31H,1-6H3;1-8H;/q2*-1;. The Morgan fingerprint density at radius 1 is 0.469 bits per heavy atom. The van der Waals surface area contributed by atoms with Crippen LogP contribution in [-0.4, -0.2) is 10.4 Å². The first-order valence-electron chi connectivity index (χ1n) is 21.8. The minimum Gasteiger partial charge on any atom is -0.657 e. The number of fused-ring (bicyclic) bond motifs is 6. The van der Waals surface area contributed by atoms with Gasteiger partial charge in [-0.25, -0.2) is 0 Å². The van der Waals surface area contributed by atoms with Gasteiger partial charge >= 0.3 is 0 Å². The topological polar surface area (TPSA) is 37.9 Å². The summed E-state index contributed by atoms with van der Waals surface area (Å²) in [6.07, 6.45) is 0. The van der Waals surface area contributed by atoms with Gasteiger partial charge in [0.2, 0.25) is 0 Å². The molecule has 0 N–H and O–H groups in total. The number of amidine groups is 1. The number of rotatable bonds is 5. The van der Waals surface area contributed by atoms with Gasteiger partial charge in [-0.15, -0.1) is 17.7 Å². The zero-order valence-corrected chi connectivity index (χ0v) is 39.3. The number of benzene rings is 8. The molecular weight excluding hydrogens is 964 g/mol. The molecule has 11 rings (SSSR count). The molecule has 1 aliphatic heterocycles. The smallest absolute Gasteiger partial charge is 0.129 e. The molecule has 321 valence electrons. The molecule has 1 aliphatic rings. The molecule has 0 atom stereocenters. The monoisotopic (exact) mass is 1010 g/mol. The largest absolute Gasteiger partial charge is 0.657 e. The van der Waals surface area contributed by atoms with Crippen molar-refractivity contribution in [3.8, 4) is 16.8 Å². The number of nitrogens with zero attached hydrogens (tertiary/aromatic N) is 5. The number of anilines is 2. The molecule has 0 spiro atoms. The van der Waals surface area contributed by atoms with E-state index in [9.17, 15) is 0 Å². The van der Waals surface area contributed by atoms with Gasteiger partial charge in [0, 0.05) is 50.0 Å². The zero-order chi connectivity index (χ0) is 43.3. The van der Waals surface area contributed by atoms with E-state index in [1.54, 1.807) is 0 Å². The maximum atomic E-state index is 5.49. The quantitative estimate of drug-likeness (QED) is 0.127. The van der Waals surface area contributed by atoms with Crippen LogP contribution in [0, 0.1) is 6.67 Å². The van der Waals surface area contributed by atoms with Crippen molar-refractivity contribution in [1.29, 1.82) is 0 Å². The van der Waals surface area contributed by atoms with Crippen LogP contribution in [-0.2, 0) is 33.2 Å². The molecule has 0 amide bonds.